The Morgan fingerprint density at radius 3 is 1.87 bits per heavy atom. The quantitative estimate of drug-likeness (QED) is 0.128. The third-order valence-electron chi connectivity index (χ3n) is 5.49. The molecule has 0 aromatic heterocycles. The van der Waals surface area contributed by atoms with Crippen molar-refractivity contribution in [2.75, 3.05) is 6.61 Å². The van der Waals surface area contributed by atoms with Gasteiger partial charge in [0.25, 0.3) is 0 Å². The fourth-order valence-electron chi connectivity index (χ4n) is 3.60. The summed E-state index contributed by atoms with van der Waals surface area (Å²) >= 11 is 0. The lowest BCUT2D eigenvalue weighted by Gasteiger charge is -2.06. The van der Waals surface area contributed by atoms with Gasteiger partial charge < -0.3 is 9.47 Å². The van der Waals surface area contributed by atoms with Crippen LogP contribution < -0.4 is 4.74 Å². The van der Waals surface area contributed by atoms with Crippen LogP contribution in [0.1, 0.15) is 115 Å². The first kappa shape index (κ1) is 27.2. The lowest BCUT2D eigenvalue weighted by molar-refractivity contribution is -0.144. The van der Waals surface area contributed by atoms with E-state index >= 15 is 0 Å². The molecule has 1 aromatic rings. The van der Waals surface area contributed by atoms with Crippen molar-refractivity contribution < 1.29 is 19.1 Å². The highest BCUT2D eigenvalue weighted by atomic mass is 16.5. The fourth-order valence-corrected chi connectivity index (χ4v) is 3.60. The van der Waals surface area contributed by atoms with E-state index in [4.69, 9.17) is 9.47 Å². The predicted molar refractivity (Wildman–Crippen MR) is 127 cm³/mol. The summed E-state index contributed by atoms with van der Waals surface area (Å²) in [6.07, 6.45) is 17.0. The number of benzene rings is 1. The van der Waals surface area contributed by atoms with Crippen LogP contribution in [0.25, 0.3) is 0 Å². The molecule has 1 rings (SSSR count). The van der Waals surface area contributed by atoms with E-state index in [2.05, 4.69) is 6.92 Å². The molecule has 4 nitrogen and oxygen atoms in total. The van der Waals surface area contributed by atoms with Gasteiger partial charge in [0.1, 0.15) is 5.75 Å². The highest BCUT2D eigenvalue weighted by Crippen LogP contribution is 2.15. The molecule has 0 saturated carbocycles. The molecule has 0 aliphatic rings. The molecule has 0 aliphatic carbocycles. The third kappa shape index (κ3) is 16.5. The van der Waals surface area contributed by atoms with Gasteiger partial charge in [0.15, 0.2) is 0 Å². The van der Waals surface area contributed by atoms with Gasteiger partial charge in [0.05, 0.1) is 6.61 Å². The molecule has 0 N–H and O–H groups in total. The van der Waals surface area contributed by atoms with Gasteiger partial charge in [-0.25, -0.2) is 0 Å². The Morgan fingerprint density at radius 2 is 1.26 bits per heavy atom. The van der Waals surface area contributed by atoms with Crippen molar-refractivity contribution in [3.8, 4) is 5.75 Å². The molecule has 0 spiro atoms. The number of rotatable bonds is 19. The second kappa shape index (κ2) is 18.9. The zero-order valence-corrected chi connectivity index (χ0v) is 20.0. The summed E-state index contributed by atoms with van der Waals surface area (Å²) < 4.78 is 10.7. The summed E-state index contributed by atoms with van der Waals surface area (Å²) in [6, 6.07) is 7.56. The van der Waals surface area contributed by atoms with Crippen LogP contribution in [-0.2, 0) is 14.3 Å². The average molecular weight is 433 g/mol. The lowest BCUT2D eigenvalue weighted by Crippen LogP contribution is -2.07. The second-order valence-corrected chi connectivity index (χ2v) is 8.61. The van der Waals surface area contributed by atoms with Gasteiger partial charge in [-0.1, -0.05) is 89.7 Å². The minimum atomic E-state index is -0.162. The van der Waals surface area contributed by atoms with E-state index in [1.807, 2.05) is 31.2 Å². The van der Waals surface area contributed by atoms with Gasteiger partial charge in [-0.2, -0.15) is 0 Å². The average Bonchev–Trinajstić information content (AvgIpc) is 2.74. The summed E-state index contributed by atoms with van der Waals surface area (Å²) in [7, 11) is 0. The number of ether oxygens (including phenoxy) is 2. The number of esters is 2. The predicted octanol–water partition coefficient (Wildman–Crippen LogP) is 7.71. The molecule has 0 aliphatic heterocycles. The standard InChI is InChI=1S/C27H44O4/c1-3-4-5-6-7-10-13-16-22-30-26(28)20-14-11-8-9-12-15-21-27(29)31-25-19-17-18-24(2)23-25/h17-19,23H,3-16,20-22H2,1-2H3. The van der Waals surface area contributed by atoms with E-state index in [-0.39, 0.29) is 11.9 Å². The highest BCUT2D eigenvalue weighted by molar-refractivity contribution is 5.72. The normalized spacial score (nSPS) is 10.8. The van der Waals surface area contributed by atoms with Gasteiger partial charge in [0, 0.05) is 12.8 Å². The molecule has 0 unspecified atom stereocenters. The van der Waals surface area contributed by atoms with Crippen LogP contribution in [0.3, 0.4) is 0 Å². The number of hydrogen-bond donors (Lipinski definition) is 0. The molecule has 4 heteroatoms. The van der Waals surface area contributed by atoms with Crippen LogP contribution in [0.15, 0.2) is 24.3 Å². The van der Waals surface area contributed by atoms with Crippen molar-refractivity contribution >= 4 is 11.9 Å². The molecule has 0 amide bonds. The van der Waals surface area contributed by atoms with Crippen LogP contribution >= 0.6 is 0 Å². The van der Waals surface area contributed by atoms with E-state index in [0.717, 1.165) is 56.9 Å². The smallest absolute Gasteiger partial charge is 0.311 e. The Morgan fingerprint density at radius 1 is 0.710 bits per heavy atom. The van der Waals surface area contributed by atoms with Crippen LogP contribution in [0.2, 0.25) is 0 Å². The fraction of sp³-hybridized carbons (Fsp3) is 0.704. The topological polar surface area (TPSA) is 52.6 Å². The highest BCUT2D eigenvalue weighted by Gasteiger charge is 2.05. The Bertz CT molecular complexity index is 597. The summed E-state index contributed by atoms with van der Waals surface area (Å²) in [5.41, 5.74) is 1.09. The molecule has 1 aromatic carbocycles. The number of unbranched alkanes of at least 4 members (excludes halogenated alkanes) is 12. The molecular weight excluding hydrogens is 388 g/mol. The van der Waals surface area contributed by atoms with Crippen molar-refractivity contribution in [1.82, 2.24) is 0 Å². The van der Waals surface area contributed by atoms with Crippen LogP contribution in [0, 0.1) is 6.92 Å². The molecule has 0 saturated heterocycles. The Labute approximate surface area is 190 Å². The van der Waals surface area contributed by atoms with Crippen molar-refractivity contribution in [3.63, 3.8) is 0 Å². The van der Waals surface area contributed by atoms with Crippen molar-refractivity contribution in [3.05, 3.63) is 29.8 Å². The van der Waals surface area contributed by atoms with Gasteiger partial charge in [0.2, 0.25) is 0 Å². The summed E-state index contributed by atoms with van der Waals surface area (Å²) in [4.78, 5) is 23.6. The van der Waals surface area contributed by atoms with Gasteiger partial charge >= 0.3 is 11.9 Å². The maximum Gasteiger partial charge on any atom is 0.311 e. The van der Waals surface area contributed by atoms with E-state index < -0.39 is 0 Å². The Hall–Kier alpha value is -1.84. The molecular formula is C27H44O4. The largest absolute Gasteiger partial charge is 0.466 e. The van der Waals surface area contributed by atoms with Crippen LogP contribution in [0.4, 0.5) is 0 Å². The monoisotopic (exact) mass is 432 g/mol. The number of carbonyl (C=O) groups excluding carboxylic acids is 2. The van der Waals surface area contributed by atoms with E-state index in [9.17, 15) is 9.59 Å². The van der Waals surface area contributed by atoms with Crippen molar-refractivity contribution in [2.24, 2.45) is 0 Å². The zero-order valence-electron chi connectivity index (χ0n) is 20.0. The molecule has 31 heavy (non-hydrogen) atoms. The molecule has 0 atom stereocenters. The van der Waals surface area contributed by atoms with Crippen LogP contribution in [-0.4, -0.2) is 18.5 Å². The lowest BCUT2D eigenvalue weighted by atomic mass is 10.1. The molecule has 0 radical (unpaired) electrons. The molecule has 0 heterocycles. The summed E-state index contributed by atoms with van der Waals surface area (Å²) in [5, 5.41) is 0. The number of aryl methyl sites for hydroxylation is 1. The van der Waals surface area contributed by atoms with Crippen molar-refractivity contribution in [1.29, 1.82) is 0 Å². The van der Waals surface area contributed by atoms with Crippen molar-refractivity contribution in [2.45, 2.75) is 117 Å². The van der Waals surface area contributed by atoms with E-state index in [1.165, 1.54) is 38.5 Å². The Balaban J connectivity index is 1.85. The first-order valence-electron chi connectivity index (χ1n) is 12.5. The zero-order chi connectivity index (χ0) is 22.6. The maximum absolute atomic E-state index is 11.9. The summed E-state index contributed by atoms with van der Waals surface area (Å²) in [6.45, 7) is 4.80. The molecule has 0 bridgehead atoms. The van der Waals surface area contributed by atoms with Gasteiger partial charge in [-0.05, 0) is 43.9 Å². The maximum atomic E-state index is 11.9. The first-order chi connectivity index (χ1) is 15.1. The van der Waals surface area contributed by atoms with E-state index in [0.29, 0.717) is 25.2 Å². The first-order valence-corrected chi connectivity index (χ1v) is 12.5. The van der Waals surface area contributed by atoms with E-state index in [1.54, 1.807) is 0 Å². The van der Waals surface area contributed by atoms with Crippen LogP contribution in [0.5, 0.6) is 5.75 Å². The molecule has 0 fully saturated rings. The third-order valence-corrected chi connectivity index (χ3v) is 5.49. The SMILES string of the molecule is CCCCCCCCCCOC(=O)CCCCCCCCC(=O)Oc1cccc(C)c1. The van der Waals surface area contributed by atoms with Gasteiger partial charge in [-0.3, -0.25) is 9.59 Å². The number of hydrogen-bond acceptors (Lipinski definition) is 4. The summed E-state index contributed by atoms with van der Waals surface area (Å²) in [5.74, 6) is 0.408. The Kier molecular flexibility index (Phi) is 16.6. The number of carbonyl (C=O) groups is 2. The van der Waals surface area contributed by atoms with Gasteiger partial charge in [-0.15, -0.1) is 0 Å². The minimum Gasteiger partial charge on any atom is -0.466 e. The minimum absolute atomic E-state index is 0.0539. The second-order valence-electron chi connectivity index (χ2n) is 8.61. The molecule has 176 valence electrons.